The summed E-state index contributed by atoms with van der Waals surface area (Å²) in [4.78, 5) is 30.8. The van der Waals surface area contributed by atoms with E-state index in [1.807, 2.05) is 31.5 Å². The molecule has 6 heteroatoms. The zero-order valence-electron chi connectivity index (χ0n) is 13.4. The smallest absolute Gasteiger partial charge is 0.248 e. The highest BCUT2D eigenvalue weighted by Crippen LogP contribution is 2.22. The van der Waals surface area contributed by atoms with Crippen molar-refractivity contribution in [1.29, 1.82) is 0 Å². The Balaban J connectivity index is 2.20. The number of carbonyl (C=O) groups excluding carboxylic acids is 2. The first-order chi connectivity index (χ1) is 9.74. The number of carbonyl (C=O) groups is 2. The maximum Gasteiger partial charge on any atom is 0.248 e. The van der Waals surface area contributed by atoms with Crippen LogP contribution in [-0.2, 0) is 16.1 Å². The van der Waals surface area contributed by atoms with Crippen LogP contribution < -0.4 is 5.32 Å². The minimum atomic E-state index is -0.841. The van der Waals surface area contributed by atoms with Gasteiger partial charge in [0.1, 0.15) is 17.4 Å². The van der Waals surface area contributed by atoms with Gasteiger partial charge in [-0.1, -0.05) is 13.8 Å². The largest absolute Gasteiger partial charge is 0.340 e. The van der Waals surface area contributed by atoms with Gasteiger partial charge in [0.05, 0.1) is 0 Å². The lowest BCUT2D eigenvalue weighted by Crippen LogP contribution is -2.69. The lowest BCUT2D eigenvalue weighted by molar-refractivity contribution is -0.155. The van der Waals surface area contributed by atoms with Crippen LogP contribution >= 0.6 is 0 Å². The van der Waals surface area contributed by atoms with Gasteiger partial charge in [-0.05, 0) is 26.7 Å². The van der Waals surface area contributed by atoms with Crippen molar-refractivity contribution in [2.75, 3.05) is 6.54 Å². The minimum Gasteiger partial charge on any atom is -0.340 e. The number of amides is 2. The summed E-state index contributed by atoms with van der Waals surface area (Å²) >= 11 is 0. The van der Waals surface area contributed by atoms with Gasteiger partial charge in [0.15, 0.2) is 0 Å². The van der Waals surface area contributed by atoms with Gasteiger partial charge in [-0.15, -0.1) is 0 Å². The lowest BCUT2D eigenvalue weighted by atomic mass is 9.91. The van der Waals surface area contributed by atoms with Gasteiger partial charge in [0.2, 0.25) is 11.8 Å². The highest BCUT2D eigenvalue weighted by Gasteiger charge is 2.45. The van der Waals surface area contributed by atoms with Gasteiger partial charge in [0, 0.05) is 25.5 Å². The van der Waals surface area contributed by atoms with Crippen molar-refractivity contribution < 1.29 is 9.59 Å². The molecule has 0 aromatic carbocycles. The summed E-state index contributed by atoms with van der Waals surface area (Å²) in [6, 6.07) is -0.408. The molecule has 0 saturated carbocycles. The summed E-state index contributed by atoms with van der Waals surface area (Å²) in [5.74, 6) is 0.883. The molecule has 1 N–H and O–H groups in total. The van der Waals surface area contributed by atoms with Crippen molar-refractivity contribution in [3.05, 3.63) is 18.2 Å². The Morgan fingerprint density at radius 2 is 2.00 bits per heavy atom. The van der Waals surface area contributed by atoms with Gasteiger partial charge in [-0.25, -0.2) is 4.98 Å². The fourth-order valence-corrected chi connectivity index (χ4v) is 2.82. The van der Waals surface area contributed by atoms with Gasteiger partial charge < -0.3 is 14.8 Å². The highest BCUT2D eigenvalue weighted by molar-refractivity contribution is 5.99. The van der Waals surface area contributed by atoms with Crippen LogP contribution in [0.25, 0.3) is 0 Å². The van der Waals surface area contributed by atoms with Crippen molar-refractivity contribution in [3.63, 3.8) is 0 Å². The number of rotatable bonds is 4. The van der Waals surface area contributed by atoms with E-state index in [-0.39, 0.29) is 17.7 Å². The topological polar surface area (TPSA) is 67.2 Å². The predicted octanol–water partition coefficient (Wildman–Crippen LogP) is 0.953. The molecule has 6 nitrogen and oxygen atoms in total. The van der Waals surface area contributed by atoms with E-state index in [4.69, 9.17) is 0 Å². The molecule has 21 heavy (non-hydrogen) atoms. The second-order valence-electron chi connectivity index (χ2n) is 6.47. The summed E-state index contributed by atoms with van der Waals surface area (Å²) in [6.45, 7) is 10.5. The zero-order valence-corrected chi connectivity index (χ0v) is 13.4. The number of hydrogen-bond acceptors (Lipinski definition) is 3. The second-order valence-corrected chi connectivity index (χ2v) is 6.47. The molecule has 1 atom stereocenters. The molecule has 2 heterocycles. The Bertz CT molecular complexity index is 548. The van der Waals surface area contributed by atoms with Gasteiger partial charge in [0.25, 0.3) is 0 Å². The van der Waals surface area contributed by atoms with Crippen molar-refractivity contribution in [1.82, 2.24) is 19.8 Å². The number of nitrogens with zero attached hydrogens (tertiary/aromatic N) is 3. The van der Waals surface area contributed by atoms with Crippen molar-refractivity contribution >= 4 is 11.8 Å². The van der Waals surface area contributed by atoms with Crippen molar-refractivity contribution in [2.24, 2.45) is 5.92 Å². The van der Waals surface area contributed by atoms with Crippen molar-refractivity contribution in [2.45, 2.75) is 52.7 Å². The van der Waals surface area contributed by atoms with E-state index in [0.717, 1.165) is 5.82 Å². The average Bonchev–Trinajstić information content (AvgIpc) is 2.76. The molecular weight excluding hydrogens is 268 g/mol. The maximum absolute atomic E-state index is 12.6. The highest BCUT2D eigenvalue weighted by atomic mass is 16.2. The molecule has 1 aliphatic heterocycles. The SMILES string of the molecule is Cc1nccn1CCN1C(=O)C(C)(C)NC(=O)C1C(C)C. The quantitative estimate of drug-likeness (QED) is 0.898. The number of piperazine rings is 1. The number of imidazole rings is 1. The Hall–Kier alpha value is -1.85. The summed E-state index contributed by atoms with van der Waals surface area (Å²) in [6.07, 6.45) is 3.63. The Kier molecular flexibility index (Phi) is 4.07. The van der Waals surface area contributed by atoms with E-state index in [2.05, 4.69) is 10.3 Å². The van der Waals surface area contributed by atoms with Crippen LogP contribution in [0.3, 0.4) is 0 Å². The lowest BCUT2D eigenvalue weighted by Gasteiger charge is -2.44. The molecule has 1 aromatic rings. The Morgan fingerprint density at radius 1 is 1.33 bits per heavy atom. The van der Waals surface area contributed by atoms with Gasteiger partial charge >= 0.3 is 0 Å². The van der Waals surface area contributed by atoms with Gasteiger partial charge in [-0.3, -0.25) is 9.59 Å². The van der Waals surface area contributed by atoms with Crippen LogP contribution in [0.1, 0.15) is 33.5 Å². The summed E-state index contributed by atoms with van der Waals surface area (Å²) in [5, 5.41) is 2.82. The molecule has 0 bridgehead atoms. The van der Waals surface area contributed by atoms with E-state index < -0.39 is 11.6 Å². The van der Waals surface area contributed by atoms with Crippen LogP contribution in [-0.4, -0.2) is 44.4 Å². The maximum atomic E-state index is 12.6. The molecule has 0 aliphatic carbocycles. The van der Waals surface area contributed by atoms with Crippen LogP contribution in [0.2, 0.25) is 0 Å². The molecule has 2 amide bonds. The van der Waals surface area contributed by atoms with E-state index >= 15 is 0 Å². The first-order valence-electron chi connectivity index (χ1n) is 7.35. The number of aromatic nitrogens is 2. The molecule has 1 unspecified atom stereocenters. The van der Waals surface area contributed by atoms with Crippen LogP contribution in [0, 0.1) is 12.8 Å². The first kappa shape index (κ1) is 15.5. The third kappa shape index (κ3) is 2.94. The van der Waals surface area contributed by atoms with E-state index in [9.17, 15) is 9.59 Å². The fourth-order valence-electron chi connectivity index (χ4n) is 2.82. The van der Waals surface area contributed by atoms with E-state index in [1.54, 1.807) is 24.9 Å². The fraction of sp³-hybridized carbons (Fsp3) is 0.667. The van der Waals surface area contributed by atoms with Crippen LogP contribution in [0.5, 0.6) is 0 Å². The predicted molar refractivity (Wildman–Crippen MR) is 79.5 cm³/mol. The standard InChI is InChI=1S/C15H24N4O2/c1-10(2)12-13(20)17-15(4,5)14(21)19(12)9-8-18-7-6-16-11(18)3/h6-7,10,12H,8-9H2,1-5H3,(H,17,20). The minimum absolute atomic E-state index is 0.0291. The monoisotopic (exact) mass is 292 g/mol. The molecule has 1 fully saturated rings. The van der Waals surface area contributed by atoms with Gasteiger partial charge in [-0.2, -0.15) is 0 Å². The molecule has 1 aliphatic rings. The molecule has 1 saturated heterocycles. The molecule has 0 radical (unpaired) electrons. The summed E-state index contributed by atoms with van der Waals surface area (Å²) in [7, 11) is 0. The Labute approximate surface area is 125 Å². The van der Waals surface area contributed by atoms with E-state index in [0.29, 0.717) is 13.1 Å². The summed E-state index contributed by atoms with van der Waals surface area (Å²) < 4.78 is 1.99. The van der Waals surface area contributed by atoms with Crippen molar-refractivity contribution in [3.8, 4) is 0 Å². The third-order valence-electron chi connectivity index (χ3n) is 3.97. The third-order valence-corrected chi connectivity index (χ3v) is 3.97. The molecule has 1 aromatic heterocycles. The molecular formula is C15H24N4O2. The number of aryl methyl sites for hydroxylation is 1. The average molecular weight is 292 g/mol. The molecule has 0 spiro atoms. The van der Waals surface area contributed by atoms with Crippen LogP contribution in [0.4, 0.5) is 0 Å². The first-order valence-corrected chi connectivity index (χ1v) is 7.35. The molecule has 2 rings (SSSR count). The second kappa shape index (κ2) is 5.50. The van der Waals surface area contributed by atoms with E-state index in [1.165, 1.54) is 0 Å². The number of nitrogens with one attached hydrogen (secondary N) is 1. The van der Waals surface area contributed by atoms with Crippen LogP contribution in [0.15, 0.2) is 12.4 Å². The Morgan fingerprint density at radius 3 is 2.52 bits per heavy atom. The zero-order chi connectivity index (χ0) is 15.8. The molecule has 116 valence electrons. The summed E-state index contributed by atoms with van der Waals surface area (Å²) in [5.41, 5.74) is -0.841. The number of hydrogen-bond donors (Lipinski definition) is 1. The normalized spacial score (nSPS) is 21.8.